The first kappa shape index (κ1) is 21.3. The molecule has 0 aliphatic carbocycles. The topological polar surface area (TPSA) is 67.1 Å². The third-order valence-corrected chi connectivity index (χ3v) is 5.83. The van der Waals surface area contributed by atoms with Crippen LogP contribution in [0.25, 0.3) is 0 Å². The summed E-state index contributed by atoms with van der Waals surface area (Å²) in [6.07, 6.45) is 3.48. The number of guanidine groups is 1. The lowest BCUT2D eigenvalue weighted by molar-refractivity contribution is 0.621. The van der Waals surface area contributed by atoms with Gasteiger partial charge < -0.3 is 15.2 Å². The second-order valence-corrected chi connectivity index (χ2v) is 8.13. The maximum atomic E-state index is 6.08. The average Bonchev–Trinajstić information content (AvgIpc) is 3.40. The van der Waals surface area contributed by atoms with Crippen LogP contribution in [0.5, 0.6) is 0 Å². The Bertz CT molecular complexity index is 906. The zero-order chi connectivity index (χ0) is 20.5. The number of aliphatic imine (C=N–C) groups is 1. The van der Waals surface area contributed by atoms with Crippen LogP contribution in [0.4, 0.5) is 0 Å². The third-order valence-electron chi connectivity index (χ3n) is 4.54. The Labute approximate surface area is 181 Å². The molecule has 1 unspecified atom stereocenters. The van der Waals surface area contributed by atoms with E-state index in [9.17, 15) is 0 Å². The van der Waals surface area contributed by atoms with Crippen LogP contribution < -0.4 is 10.6 Å². The minimum Gasteiger partial charge on any atom is -0.355 e. The first-order valence-corrected chi connectivity index (χ1v) is 11.1. The van der Waals surface area contributed by atoms with E-state index in [1.165, 1.54) is 10.4 Å². The molecule has 0 fully saturated rings. The highest BCUT2D eigenvalue weighted by atomic mass is 35.5. The molecule has 29 heavy (non-hydrogen) atoms. The van der Waals surface area contributed by atoms with Crippen LogP contribution in [0.1, 0.15) is 36.2 Å². The average molecular weight is 431 g/mol. The first-order valence-electron chi connectivity index (χ1n) is 9.85. The summed E-state index contributed by atoms with van der Waals surface area (Å²) in [5.74, 6) is 1.80. The molecular weight excluding hydrogens is 404 g/mol. The molecule has 6 nitrogen and oxygen atoms in total. The molecule has 0 saturated carbocycles. The minimum absolute atomic E-state index is 0.188. The van der Waals surface area contributed by atoms with Crippen LogP contribution in [0.15, 0.2) is 53.1 Å². The van der Waals surface area contributed by atoms with Gasteiger partial charge in [0.15, 0.2) is 5.96 Å². The molecule has 154 valence electrons. The van der Waals surface area contributed by atoms with Crippen molar-refractivity contribution < 1.29 is 0 Å². The van der Waals surface area contributed by atoms with Crippen molar-refractivity contribution in [3.63, 3.8) is 0 Å². The van der Waals surface area contributed by atoms with Gasteiger partial charge in [-0.3, -0.25) is 4.99 Å². The number of benzene rings is 1. The number of nitrogens with one attached hydrogen (secondary N) is 2. The van der Waals surface area contributed by atoms with Crippen LogP contribution in [0, 0.1) is 0 Å². The molecule has 1 atom stereocenters. The van der Waals surface area contributed by atoms with Crippen molar-refractivity contribution in [3.8, 4) is 0 Å². The molecule has 0 spiro atoms. The van der Waals surface area contributed by atoms with Crippen molar-refractivity contribution in [1.82, 2.24) is 25.4 Å². The van der Waals surface area contributed by atoms with Gasteiger partial charge in [-0.2, -0.15) is 0 Å². The van der Waals surface area contributed by atoms with Crippen molar-refractivity contribution in [2.75, 3.05) is 13.1 Å². The van der Waals surface area contributed by atoms with Crippen LogP contribution in [0.3, 0.4) is 0 Å². The van der Waals surface area contributed by atoms with E-state index in [1.807, 2.05) is 18.2 Å². The number of aromatic nitrogens is 3. The smallest absolute Gasteiger partial charge is 0.191 e. The molecule has 1 aromatic carbocycles. The number of nitrogens with zero attached hydrogens (tertiary/aromatic N) is 4. The molecule has 0 saturated heterocycles. The molecule has 0 aliphatic heterocycles. The fourth-order valence-corrected chi connectivity index (χ4v) is 3.94. The van der Waals surface area contributed by atoms with Gasteiger partial charge in [0.25, 0.3) is 0 Å². The number of halogens is 1. The Morgan fingerprint density at radius 2 is 2.21 bits per heavy atom. The van der Waals surface area contributed by atoms with Gasteiger partial charge >= 0.3 is 0 Å². The summed E-state index contributed by atoms with van der Waals surface area (Å²) in [6, 6.07) is 12.3. The van der Waals surface area contributed by atoms with Crippen molar-refractivity contribution in [2.45, 2.75) is 39.3 Å². The highest BCUT2D eigenvalue weighted by Gasteiger charge is 2.09. The van der Waals surface area contributed by atoms with Crippen molar-refractivity contribution >= 4 is 28.9 Å². The molecule has 2 heterocycles. The normalized spacial score (nSPS) is 12.7. The van der Waals surface area contributed by atoms with E-state index in [1.54, 1.807) is 17.7 Å². The van der Waals surface area contributed by atoms with Crippen LogP contribution in [-0.2, 0) is 19.4 Å². The molecule has 2 N–H and O–H groups in total. The zero-order valence-corrected chi connectivity index (χ0v) is 18.4. The first-order chi connectivity index (χ1) is 14.2. The van der Waals surface area contributed by atoms with Crippen LogP contribution in [-0.4, -0.2) is 33.8 Å². The largest absolute Gasteiger partial charge is 0.355 e. The van der Waals surface area contributed by atoms with Crippen molar-refractivity contribution in [2.24, 2.45) is 4.99 Å². The fraction of sp³-hybridized carbons (Fsp3) is 0.381. The highest BCUT2D eigenvalue weighted by Crippen LogP contribution is 2.18. The summed E-state index contributed by atoms with van der Waals surface area (Å²) < 4.78 is 2.07. The predicted octanol–water partition coefficient (Wildman–Crippen LogP) is 4.09. The van der Waals surface area contributed by atoms with Gasteiger partial charge in [0, 0.05) is 36.0 Å². The standard InChI is InChI=1S/C21H27ClN6S/c1-3-20-27-25-15-28(20)12-11-24-21(26-16(2)19-8-5-13-29-19)23-10-9-17-6-4-7-18(22)14-17/h4-8,13-16H,3,9-12H2,1-2H3,(H2,23,24,26). The van der Waals surface area contributed by atoms with Crippen LogP contribution >= 0.6 is 22.9 Å². The monoisotopic (exact) mass is 430 g/mol. The summed E-state index contributed by atoms with van der Waals surface area (Å²) in [5, 5.41) is 17.9. The Morgan fingerprint density at radius 3 is 2.97 bits per heavy atom. The Balaban J connectivity index is 1.60. The second kappa shape index (κ2) is 11.0. The van der Waals surface area contributed by atoms with Gasteiger partial charge in [0.05, 0.1) is 6.04 Å². The van der Waals surface area contributed by atoms with E-state index in [-0.39, 0.29) is 6.04 Å². The molecule has 3 rings (SSSR count). The van der Waals surface area contributed by atoms with E-state index in [2.05, 4.69) is 62.8 Å². The van der Waals surface area contributed by atoms with E-state index < -0.39 is 0 Å². The van der Waals surface area contributed by atoms with Gasteiger partial charge in [0.1, 0.15) is 12.2 Å². The summed E-state index contributed by atoms with van der Waals surface area (Å²) >= 11 is 7.82. The van der Waals surface area contributed by atoms with E-state index in [0.717, 1.165) is 42.7 Å². The predicted molar refractivity (Wildman–Crippen MR) is 121 cm³/mol. The molecule has 0 aliphatic rings. The summed E-state index contributed by atoms with van der Waals surface area (Å²) in [4.78, 5) is 6.05. The highest BCUT2D eigenvalue weighted by molar-refractivity contribution is 7.10. The Kier molecular flexibility index (Phi) is 8.07. The minimum atomic E-state index is 0.188. The lowest BCUT2D eigenvalue weighted by Crippen LogP contribution is -2.40. The summed E-state index contributed by atoms with van der Waals surface area (Å²) in [7, 11) is 0. The van der Waals surface area contributed by atoms with E-state index >= 15 is 0 Å². The molecule has 0 bridgehead atoms. The molecule has 2 aromatic heterocycles. The van der Waals surface area contributed by atoms with Crippen molar-refractivity contribution in [3.05, 3.63) is 69.4 Å². The van der Waals surface area contributed by atoms with E-state index in [4.69, 9.17) is 16.6 Å². The zero-order valence-electron chi connectivity index (χ0n) is 16.8. The number of hydrogen-bond donors (Lipinski definition) is 2. The van der Waals surface area contributed by atoms with Gasteiger partial charge in [-0.25, -0.2) is 0 Å². The number of aryl methyl sites for hydroxylation is 1. The van der Waals surface area contributed by atoms with Crippen molar-refractivity contribution in [1.29, 1.82) is 0 Å². The number of rotatable bonds is 9. The Morgan fingerprint density at radius 1 is 1.31 bits per heavy atom. The molecule has 0 radical (unpaired) electrons. The quantitative estimate of drug-likeness (QED) is 0.396. The van der Waals surface area contributed by atoms with Gasteiger partial charge in [-0.15, -0.1) is 21.5 Å². The maximum absolute atomic E-state index is 6.08. The van der Waals surface area contributed by atoms with Gasteiger partial charge in [-0.05, 0) is 42.5 Å². The summed E-state index contributed by atoms with van der Waals surface area (Å²) in [6.45, 7) is 6.44. The lowest BCUT2D eigenvalue weighted by Gasteiger charge is -2.18. The molecule has 0 amide bonds. The Hall–Kier alpha value is -2.38. The second-order valence-electron chi connectivity index (χ2n) is 6.71. The van der Waals surface area contributed by atoms with Crippen LogP contribution in [0.2, 0.25) is 5.02 Å². The fourth-order valence-electron chi connectivity index (χ4n) is 2.99. The lowest BCUT2D eigenvalue weighted by atomic mass is 10.1. The third kappa shape index (κ3) is 6.58. The molecule has 3 aromatic rings. The summed E-state index contributed by atoms with van der Waals surface area (Å²) in [5.41, 5.74) is 1.18. The maximum Gasteiger partial charge on any atom is 0.191 e. The van der Waals surface area contributed by atoms with Gasteiger partial charge in [0.2, 0.25) is 0 Å². The number of thiophene rings is 1. The van der Waals surface area contributed by atoms with Gasteiger partial charge in [-0.1, -0.05) is 36.7 Å². The number of hydrogen-bond acceptors (Lipinski definition) is 4. The SMILES string of the molecule is CCc1nncn1CCNC(=NCCc1cccc(Cl)c1)NC(C)c1cccs1. The molecular formula is C21H27ClN6S. The molecule has 8 heteroatoms. The van der Waals surface area contributed by atoms with E-state index in [0.29, 0.717) is 6.54 Å².